The van der Waals surface area contributed by atoms with Gasteiger partial charge in [0.15, 0.2) is 0 Å². The summed E-state index contributed by atoms with van der Waals surface area (Å²) in [6, 6.07) is 0. The Bertz CT molecular complexity index is 339. The van der Waals surface area contributed by atoms with Crippen molar-refractivity contribution >= 4 is 5.91 Å². The van der Waals surface area contributed by atoms with Gasteiger partial charge in [0.05, 0.1) is 19.3 Å². The van der Waals surface area contributed by atoms with Gasteiger partial charge in [-0.05, 0) is 6.42 Å². The highest BCUT2D eigenvalue weighted by Crippen LogP contribution is 2.05. The average molecular weight is 268 g/mol. The zero-order valence-corrected chi connectivity index (χ0v) is 12.4. The Hall–Kier alpha value is -1.05. The highest BCUT2D eigenvalue weighted by molar-refractivity contribution is 5.78. The van der Waals surface area contributed by atoms with E-state index < -0.39 is 0 Å². The normalized spacial score (nSPS) is 21.3. The number of ether oxygens (including phenoxy) is 1. The Balaban J connectivity index is 0.00000361. The van der Waals surface area contributed by atoms with E-state index in [0.29, 0.717) is 6.54 Å². The van der Waals surface area contributed by atoms with Gasteiger partial charge < -0.3 is 10.1 Å². The van der Waals surface area contributed by atoms with Crippen molar-refractivity contribution < 1.29 is 11.0 Å². The molecule has 1 aliphatic rings. The summed E-state index contributed by atoms with van der Waals surface area (Å²) in [5, 5.41) is 2.96. The molecular formula is C15H28N2O2. The van der Waals surface area contributed by atoms with Gasteiger partial charge in [-0.2, -0.15) is 0 Å². The molecule has 1 saturated heterocycles. The predicted molar refractivity (Wildman–Crippen MR) is 78.8 cm³/mol. The van der Waals surface area contributed by atoms with E-state index in [9.17, 15) is 4.79 Å². The molecule has 1 N–H and O–H groups in total. The zero-order chi connectivity index (χ0) is 14.1. The lowest BCUT2D eigenvalue weighted by atomic mass is 10.1. The number of rotatable bonds is 5. The predicted octanol–water partition coefficient (Wildman–Crippen LogP) is 1.51. The molecule has 19 heavy (non-hydrogen) atoms. The summed E-state index contributed by atoms with van der Waals surface area (Å²) in [6.07, 6.45) is 1.86. The molecule has 0 aromatic rings. The van der Waals surface area contributed by atoms with E-state index in [-0.39, 0.29) is 19.4 Å². The second kappa shape index (κ2) is 8.95. The Morgan fingerprint density at radius 3 is 3.00 bits per heavy atom. The number of carbonyl (C=O) groups excluding carboxylic acids is 1. The summed E-state index contributed by atoms with van der Waals surface area (Å²) in [7, 11) is 0. The SMILES string of the molecule is CCC#CCN1CCO[C@H](CNC(=O)C(C)CC)C1.[HH]. The quantitative estimate of drug-likeness (QED) is 0.769. The first kappa shape index (κ1) is 16.0. The van der Waals surface area contributed by atoms with Crippen molar-refractivity contribution in [3.8, 4) is 11.8 Å². The fraction of sp³-hybridized carbons (Fsp3) is 0.800. The van der Waals surface area contributed by atoms with Crippen LogP contribution >= 0.6 is 0 Å². The third-order valence-electron chi connectivity index (χ3n) is 3.39. The Morgan fingerprint density at radius 2 is 2.32 bits per heavy atom. The van der Waals surface area contributed by atoms with Crippen molar-refractivity contribution in [1.82, 2.24) is 10.2 Å². The van der Waals surface area contributed by atoms with E-state index in [4.69, 9.17) is 4.74 Å². The lowest BCUT2D eigenvalue weighted by Gasteiger charge is -2.31. The van der Waals surface area contributed by atoms with E-state index in [1.165, 1.54) is 0 Å². The summed E-state index contributed by atoms with van der Waals surface area (Å²) in [4.78, 5) is 14.0. The average Bonchev–Trinajstić information content (AvgIpc) is 2.44. The Morgan fingerprint density at radius 1 is 1.53 bits per heavy atom. The maximum Gasteiger partial charge on any atom is 0.222 e. The molecule has 1 unspecified atom stereocenters. The number of hydrogen-bond acceptors (Lipinski definition) is 3. The van der Waals surface area contributed by atoms with Crippen LogP contribution < -0.4 is 5.32 Å². The van der Waals surface area contributed by atoms with E-state index in [1.807, 2.05) is 13.8 Å². The minimum atomic E-state index is 0. The standard InChI is InChI=1S/C15H26N2O2.H2/c1-4-6-7-8-17-9-10-19-14(12-17)11-16-15(18)13(3)5-2;/h13-14H,4-5,8-12H2,1-3H3,(H,16,18);1H/t13?,14-;/m1./s1. The number of nitrogens with one attached hydrogen (secondary N) is 1. The molecule has 1 aliphatic heterocycles. The van der Waals surface area contributed by atoms with Crippen molar-refractivity contribution in [3.05, 3.63) is 0 Å². The number of amides is 1. The van der Waals surface area contributed by atoms with Crippen LogP contribution in [0.1, 0.15) is 35.0 Å². The van der Waals surface area contributed by atoms with Crippen LogP contribution in [-0.2, 0) is 9.53 Å². The van der Waals surface area contributed by atoms with Gasteiger partial charge in [0.25, 0.3) is 0 Å². The van der Waals surface area contributed by atoms with Crippen LogP contribution in [0.25, 0.3) is 0 Å². The van der Waals surface area contributed by atoms with Gasteiger partial charge in [0, 0.05) is 33.4 Å². The highest BCUT2D eigenvalue weighted by Gasteiger charge is 2.21. The van der Waals surface area contributed by atoms with Crippen LogP contribution in [0.3, 0.4) is 0 Å². The van der Waals surface area contributed by atoms with E-state index in [1.54, 1.807) is 0 Å². The molecule has 0 radical (unpaired) electrons. The fourth-order valence-electron chi connectivity index (χ4n) is 1.91. The fourth-order valence-corrected chi connectivity index (χ4v) is 1.91. The molecule has 1 heterocycles. The third-order valence-corrected chi connectivity index (χ3v) is 3.39. The molecule has 0 bridgehead atoms. The Kier molecular flexibility index (Phi) is 7.54. The minimum Gasteiger partial charge on any atom is -0.374 e. The lowest BCUT2D eigenvalue weighted by Crippen LogP contribution is -2.48. The molecule has 2 atom stereocenters. The lowest BCUT2D eigenvalue weighted by molar-refractivity contribution is -0.125. The molecule has 4 heteroatoms. The minimum absolute atomic E-state index is 0. The molecule has 1 amide bonds. The summed E-state index contributed by atoms with van der Waals surface area (Å²) in [5.74, 6) is 6.43. The van der Waals surface area contributed by atoms with Crippen molar-refractivity contribution in [2.45, 2.75) is 39.7 Å². The van der Waals surface area contributed by atoms with Crippen LogP contribution in [0.5, 0.6) is 0 Å². The molecule has 110 valence electrons. The molecule has 1 fully saturated rings. The molecular weight excluding hydrogens is 240 g/mol. The summed E-state index contributed by atoms with van der Waals surface area (Å²) in [5.41, 5.74) is 0. The molecule has 4 nitrogen and oxygen atoms in total. The maximum absolute atomic E-state index is 11.7. The monoisotopic (exact) mass is 268 g/mol. The second-order valence-electron chi connectivity index (χ2n) is 4.99. The van der Waals surface area contributed by atoms with Gasteiger partial charge >= 0.3 is 0 Å². The summed E-state index contributed by atoms with van der Waals surface area (Å²) >= 11 is 0. The molecule has 0 aromatic carbocycles. The zero-order valence-electron chi connectivity index (χ0n) is 12.4. The smallest absolute Gasteiger partial charge is 0.222 e. The summed E-state index contributed by atoms with van der Waals surface area (Å²) in [6.45, 7) is 9.91. The van der Waals surface area contributed by atoms with E-state index in [0.717, 1.165) is 39.1 Å². The number of carbonyl (C=O) groups is 1. The van der Waals surface area contributed by atoms with Gasteiger partial charge in [0.2, 0.25) is 5.91 Å². The van der Waals surface area contributed by atoms with Crippen molar-refractivity contribution in [1.29, 1.82) is 0 Å². The largest absolute Gasteiger partial charge is 0.374 e. The van der Waals surface area contributed by atoms with E-state index in [2.05, 4.69) is 29.0 Å². The van der Waals surface area contributed by atoms with Gasteiger partial charge in [-0.25, -0.2) is 0 Å². The third kappa shape index (κ3) is 6.09. The first-order valence-electron chi connectivity index (χ1n) is 7.24. The summed E-state index contributed by atoms with van der Waals surface area (Å²) < 4.78 is 5.67. The molecule has 0 spiro atoms. The van der Waals surface area contributed by atoms with Crippen LogP contribution in [-0.4, -0.2) is 49.7 Å². The topological polar surface area (TPSA) is 41.6 Å². The van der Waals surface area contributed by atoms with E-state index >= 15 is 0 Å². The van der Waals surface area contributed by atoms with Crippen LogP contribution in [0.4, 0.5) is 0 Å². The van der Waals surface area contributed by atoms with Gasteiger partial charge in [0.1, 0.15) is 0 Å². The Labute approximate surface area is 118 Å². The first-order valence-corrected chi connectivity index (χ1v) is 7.24. The molecule has 0 aliphatic carbocycles. The molecule has 0 saturated carbocycles. The van der Waals surface area contributed by atoms with Crippen LogP contribution in [0.2, 0.25) is 0 Å². The van der Waals surface area contributed by atoms with Crippen LogP contribution in [0.15, 0.2) is 0 Å². The number of hydrogen-bond donors (Lipinski definition) is 1. The van der Waals surface area contributed by atoms with Crippen molar-refractivity contribution in [3.63, 3.8) is 0 Å². The first-order chi connectivity index (χ1) is 9.17. The number of nitrogens with zero attached hydrogens (tertiary/aromatic N) is 1. The van der Waals surface area contributed by atoms with Crippen molar-refractivity contribution in [2.24, 2.45) is 5.92 Å². The maximum atomic E-state index is 11.7. The molecule has 1 rings (SSSR count). The molecule has 0 aromatic heterocycles. The highest BCUT2D eigenvalue weighted by atomic mass is 16.5. The van der Waals surface area contributed by atoms with Crippen molar-refractivity contribution in [2.75, 3.05) is 32.8 Å². The second-order valence-corrected chi connectivity index (χ2v) is 4.99. The number of morpholine rings is 1. The van der Waals surface area contributed by atoms with Gasteiger partial charge in [-0.1, -0.05) is 26.7 Å². The van der Waals surface area contributed by atoms with Gasteiger partial charge in [-0.3, -0.25) is 9.69 Å². The van der Waals surface area contributed by atoms with Crippen LogP contribution in [0, 0.1) is 17.8 Å². The van der Waals surface area contributed by atoms with Gasteiger partial charge in [-0.15, -0.1) is 5.92 Å².